The average molecular weight is 955 g/mol. The zero-order valence-corrected chi connectivity index (χ0v) is 39.8. The summed E-state index contributed by atoms with van der Waals surface area (Å²) >= 11 is 0. The maximum Gasteiger partial charge on any atom is 0.258 e. The fourth-order valence-electron chi connectivity index (χ4n) is 8.24. The summed E-state index contributed by atoms with van der Waals surface area (Å²) in [5.41, 5.74) is 10.4. The third kappa shape index (κ3) is 12.1. The van der Waals surface area contributed by atoms with Gasteiger partial charge in [0.25, 0.3) is 11.8 Å². The number of aromatic nitrogens is 2. The highest BCUT2D eigenvalue weighted by atomic mass is 32.2. The van der Waals surface area contributed by atoms with Gasteiger partial charge < -0.3 is 45.9 Å². The van der Waals surface area contributed by atoms with Crippen molar-refractivity contribution in [1.29, 1.82) is 0 Å². The number of sulfone groups is 1. The van der Waals surface area contributed by atoms with Crippen molar-refractivity contribution in [1.82, 2.24) is 15.3 Å². The lowest BCUT2D eigenvalue weighted by molar-refractivity contribution is 0.0987. The molecule has 0 saturated carbocycles. The molecule has 0 bridgehead atoms. The van der Waals surface area contributed by atoms with E-state index < -0.39 is 21.8 Å². The Morgan fingerprint density at radius 3 is 2.38 bits per heavy atom. The summed E-state index contributed by atoms with van der Waals surface area (Å²) in [6, 6.07) is 29.9. The molecule has 0 aliphatic heterocycles. The van der Waals surface area contributed by atoms with E-state index in [0.717, 1.165) is 57.1 Å². The number of H-pyrrole nitrogens is 1. The molecule has 16 heteroatoms. The molecule has 2 amide bonds. The molecule has 0 aliphatic rings. The van der Waals surface area contributed by atoms with E-state index in [2.05, 4.69) is 20.6 Å². The van der Waals surface area contributed by atoms with Crippen molar-refractivity contribution < 1.29 is 37.7 Å². The first-order valence-corrected chi connectivity index (χ1v) is 24.4. The smallest absolute Gasteiger partial charge is 0.258 e. The molecule has 5 aromatic carbocycles. The number of carbonyl (C=O) groups is 2. The Morgan fingerprint density at radius 2 is 1.61 bits per heavy atom. The number of aliphatic hydroxyl groups is 1. The van der Waals surface area contributed by atoms with Crippen LogP contribution in [0.25, 0.3) is 21.8 Å². The topological polar surface area (TPSA) is 226 Å². The predicted octanol–water partition coefficient (Wildman–Crippen LogP) is 8.27. The zero-order valence-electron chi connectivity index (χ0n) is 39.0. The van der Waals surface area contributed by atoms with Crippen molar-refractivity contribution in [3.05, 3.63) is 154 Å². The second kappa shape index (κ2) is 22.8. The minimum atomic E-state index is -4.17. The van der Waals surface area contributed by atoms with Crippen LogP contribution in [-0.2, 0) is 21.0 Å². The number of nitrogens with two attached hydrogens (primary N) is 1. The number of methoxy groups -OCH3 is 1. The lowest BCUT2D eigenvalue weighted by Crippen LogP contribution is -2.26. The van der Waals surface area contributed by atoms with Crippen molar-refractivity contribution in [2.24, 2.45) is 5.73 Å². The number of hydrogen-bond acceptors (Lipinski definition) is 12. The lowest BCUT2D eigenvalue weighted by Gasteiger charge is -2.19. The highest BCUT2D eigenvalue weighted by Gasteiger charge is 2.24. The fourth-order valence-corrected chi connectivity index (χ4v) is 9.66. The largest absolute Gasteiger partial charge is 0.506 e. The number of aryl methyl sites for hydroxylation is 2. The molecule has 0 radical (unpaired) electrons. The lowest BCUT2D eigenvalue weighted by atomic mass is 10.0. The molecule has 7 aromatic rings. The maximum atomic E-state index is 14.3. The number of phenols is 1. The number of phenolic OH excluding ortho intramolecular Hbond substituents is 1. The molecule has 2 heterocycles. The number of nitrogens with zero attached hydrogens (tertiary/aromatic N) is 2. The Morgan fingerprint density at radius 1 is 0.855 bits per heavy atom. The number of benzene rings is 5. The number of aliphatic hydroxyl groups excluding tert-OH is 1. The van der Waals surface area contributed by atoms with Gasteiger partial charge in [-0.3, -0.25) is 19.4 Å². The molecule has 360 valence electrons. The molecule has 0 spiro atoms. The normalized spacial score (nSPS) is 12.0. The first-order valence-electron chi connectivity index (χ1n) is 22.9. The fraction of sp³-hybridized carbons (Fsp3) is 0.283. The summed E-state index contributed by atoms with van der Waals surface area (Å²) in [5, 5.41) is 28.3. The van der Waals surface area contributed by atoms with Crippen molar-refractivity contribution in [2.45, 2.75) is 67.8 Å². The van der Waals surface area contributed by atoms with Gasteiger partial charge in [0, 0.05) is 72.8 Å². The maximum absolute atomic E-state index is 14.3. The molecule has 7 N–H and O–H groups in total. The Balaban J connectivity index is 0.850. The minimum Gasteiger partial charge on any atom is -0.506 e. The first-order chi connectivity index (χ1) is 33.2. The molecule has 7 rings (SSSR count). The number of fused-ring (bicyclic) bond motifs is 2. The number of unbranched alkanes of at least 4 members (excludes halogenated alkanes) is 4. The van der Waals surface area contributed by atoms with Crippen molar-refractivity contribution in [3.8, 4) is 11.5 Å². The first kappa shape index (κ1) is 49.8. The molecular formula is C53H58N6O9S. The van der Waals surface area contributed by atoms with Gasteiger partial charge in [0.1, 0.15) is 11.5 Å². The quantitative estimate of drug-likeness (QED) is 0.0333. The van der Waals surface area contributed by atoms with Gasteiger partial charge in [-0.15, -0.1) is 0 Å². The molecule has 2 aromatic heterocycles. The number of aromatic amines is 1. The third-order valence-electron chi connectivity index (χ3n) is 12.1. The summed E-state index contributed by atoms with van der Waals surface area (Å²) in [6.07, 6.45) is 7.35. The minimum absolute atomic E-state index is 0.0323. The molecular weight excluding hydrogens is 897 g/mol. The summed E-state index contributed by atoms with van der Waals surface area (Å²) < 4.78 is 39.8. The van der Waals surface area contributed by atoms with Crippen molar-refractivity contribution >= 4 is 60.5 Å². The summed E-state index contributed by atoms with van der Waals surface area (Å²) in [5.74, 6) is -0.572. The van der Waals surface area contributed by atoms with Crippen LogP contribution in [0.2, 0.25) is 0 Å². The van der Waals surface area contributed by atoms with Crippen LogP contribution in [0.5, 0.6) is 11.5 Å². The summed E-state index contributed by atoms with van der Waals surface area (Å²) in [7, 11) is -0.977. The van der Waals surface area contributed by atoms with Gasteiger partial charge in [-0.2, -0.15) is 0 Å². The molecule has 15 nitrogen and oxygen atoms in total. The number of rotatable bonds is 23. The molecule has 0 aliphatic carbocycles. The van der Waals surface area contributed by atoms with E-state index in [9.17, 15) is 33.0 Å². The van der Waals surface area contributed by atoms with Gasteiger partial charge in [0.05, 0.1) is 45.3 Å². The van der Waals surface area contributed by atoms with Crippen LogP contribution in [0.3, 0.4) is 0 Å². The Kier molecular flexibility index (Phi) is 16.4. The average Bonchev–Trinajstić information content (AvgIpc) is 3.35. The van der Waals surface area contributed by atoms with Crippen LogP contribution < -0.4 is 31.6 Å². The molecule has 0 fully saturated rings. The molecule has 0 saturated heterocycles. The van der Waals surface area contributed by atoms with Gasteiger partial charge in [-0.1, -0.05) is 43.2 Å². The molecule has 1 unspecified atom stereocenters. The summed E-state index contributed by atoms with van der Waals surface area (Å²) in [6.45, 7) is 4.25. The number of amides is 2. The van der Waals surface area contributed by atoms with Gasteiger partial charge in [-0.05, 0) is 129 Å². The monoisotopic (exact) mass is 954 g/mol. The van der Waals surface area contributed by atoms with Crippen LogP contribution in [0.4, 0.5) is 17.1 Å². The van der Waals surface area contributed by atoms with Gasteiger partial charge in [-0.25, -0.2) is 8.42 Å². The van der Waals surface area contributed by atoms with E-state index >= 15 is 0 Å². The van der Waals surface area contributed by atoms with Crippen LogP contribution >= 0.6 is 0 Å². The predicted molar refractivity (Wildman–Crippen MR) is 269 cm³/mol. The second-order valence-electron chi connectivity index (χ2n) is 17.0. The molecule has 1 atom stereocenters. The Hall–Kier alpha value is -7.11. The van der Waals surface area contributed by atoms with E-state index in [4.69, 9.17) is 15.2 Å². The number of ether oxygens (including phenoxy) is 2. The van der Waals surface area contributed by atoms with Crippen LogP contribution in [-0.4, -0.2) is 80.9 Å². The van der Waals surface area contributed by atoms with E-state index in [1.165, 1.54) is 54.6 Å². The second-order valence-corrected chi connectivity index (χ2v) is 18.9. The van der Waals surface area contributed by atoms with Crippen LogP contribution in [0.15, 0.2) is 130 Å². The highest BCUT2D eigenvalue weighted by Crippen LogP contribution is 2.35. The van der Waals surface area contributed by atoms with Crippen LogP contribution in [0, 0.1) is 6.92 Å². The Bertz CT molecular complexity index is 3120. The van der Waals surface area contributed by atoms with E-state index in [0.29, 0.717) is 75.5 Å². The highest BCUT2D eigenvalue weighted by molar-refractivity contribution is 7.91. The van der Waals surface area contributed by atoms with Gasteiger partial charge in [0.15, 0.2) is 0 Å². The number of anilines is 3. The number of hydrogen-bond donors (Lipinski definition) is 6. The van der Waals surface area contributed by atoms with Crippen LogP contribution in [0.1, 0.15) is 82.0 Å². The molecule has 69 heavy (non-hydrogen) atoms. The van der Waals surface area contributed by atoms with Crippen molar-refractivity contribution in [3.63, 3.8) is 0 Å². The number of primary amides is 1. The zero-order chi connectivity index (χ0) is 49.1. The Labute approximate surface area is 401 Å². The number of aromatic hydroxyl groups is 1. The number of pyridine rings is 2. The van der Waals surface area contributed by atoms with Gasteiger partial charge >= 0.3 is 0 Å². The third-order valence-corrected chi connectivity index (χ3v) is 13.8. The van der Waals surface area contributed by atoms with E-state index in [1.807, 2.05) is 24.3 Å². The number of nitrogens with one attached hydrogen (secondary N) is 3. The van der Waals surface area contributed by atoms with Crippen molar-refractivity contribution in [2.75, 3.05) is 50.7 Å². The standard InChI is InChI=1S/C53H58N6O9S/c1-34-28-41(31-44-49(34)56-32-45(52(54)63)50(44)57-37-14-11-15-39(30-37)67-3)69(65,66)40-16-10-13-36(29-40)53(64)59(2)38-19-17-35(18-20-38)12-6-9-27-68-26-8-5-4-7-25-55-33-47(61)42-21-23-46(60)51-43(42)22-24-48(62)58-51/h10-11,13-24,28-32,47,55,60-61H,4-9,12,25-27,33H2,1-3H3,(H2,54,63)(H,56,57)(H,58,62). The number of carbonyl (C=O) groups excluding carboxylic acids is 2. The van der Waals surface area contributed by atoms with E-state index in [1.54, 1.807) is 62.5 Å². The van der Waals surface area contributed by atoms with E-state index in [-0.39, 0.29) is 38.1 Å². The SMILES string of the molecule is COc1cccc(Nc2c(C(N)=O)cnc3c(C)cc(S(=O)(=O)c4cccc(C(=O)N(C)c5ccc(CCCCOCCCCCCNCC(O)c6ccc(O)c7[nH]c(=O)ccc67)cc5)c4)cc23)c1. The van der Waals surface area contributed by atoms with Gasteiger partial charge in [0.2, 0.25) is 15.4 Å². The summed E-state index contributed by atoms with van der Waals surface area (Å²) in [4.78, 5) is 46.5.